The number of carbonyl (C=O) groups excluding carboxylic acids is 3. The van der Waals surface area contributed by atoms with Crippen LogP contribution in [0.15, 0.2) is 42.5 Å². The lowest BCUT2D eigenvalue weighted by Crippen LogP contribution is -2.54. The predicted molar refractivity (Wildman–Crippen MR) is 141 cm³/mol. The molecule has 3 amide bonds. The maximum absolute atomic E-state index is 14.0. The summed E-state index contributed by atoms with van der Waals surface area (Å²) in [5, 5.41) is 35.4. The van der Waals surface area contributed by atoms with Gasteiger partial charge in [-0.25, -0.2) is 4.79 Å². The van der Waals surface area contributed by atoms with Gasteiger partial charge >= 0.3 is 6.09 Å². The quantitative estimate of drug-likeness (QED) is 0.367. The fraction of sp³-hybridized carbons (Fsp3) is 0.429. The molecule has 0 aliphatic heterocycles. The molecule has 0 radical (unpaired) electrons. The third-order valence-corrected chi connectivity index (χ3v) is 5.44. The molecule has 0 aliphatic rings. The average Bonchev–Trinajstić information content (AvgIpc) is 2.80. The number of hydrogen-bond acceptors (Lipinski definition) is 7. The number of aryl methyl sites for hydroxylation is 1. The van der Waals surface area contributed by atoms with E-state index in [9.17, 15) is 29.9 Å². The second kappa shape index (κ2) is 12.8. The zero-order chi connectivity index (χ0) is 28.6. The Labute approximate surface area is 223 Å². The highest BCUT2D eigenvalue weighted by atomic mass is 16.6. The standard InChI is InChI=1S/C28H36N4O6/c1-17(2)30-25(35)23(21-9-7-8-18(3)24(21)34)32(15-14-29)26(36)22(31-27(37)38-28(4,5)6)16-19-10-12-20(33)13-11-19/h7-13,17,22-23,33-34H,15-16H2,1-6H3,(H,30,35)(H,31,37). The average molecular weight is 525 g/mol. The van der Waals surface area contributed by atoms with Crippen molar-refractivity contribution in [2.45, 2.75) is 71.7 Å². The minimum atomic E-state index is -1.35. The monoisotopic (exact) mass is 524 g/mol. The van der Waals surface area contributed by atoms with Crippen LogP contribution in [-0.2, 0) is 20.7 Å². The molecule has 0 bridgehead atoms. The fourth-order valence-electron chi connectivity index (χ4n) is 3.81. The lowest BCUT2D eigenvalue weighted by molar-refractivity contribution is -0.142. The summed E-state index contributed by atoms with van der Waals surface area (Å²) in [6.45, 7) is 9.70. The van der Waals surface area contributed by atoms with Gasteiger partial charge in [0.25, 0.3) is 0 Å². The van der Waals surface area contributed by atoms with E-state index in [1.165, 1.54) is 18.2 Å². The van der Waals surface area contributed by atoms with Gasteiger partial charge in [-0.1, -0.05) is 30.3 Å². The molecule has 38 heavy (non-hydrogen) atoms. The van der Waals surface area contributed by atoms with Gasteiger partial charge in [-0.15, -0.1) is 0 Å². The fourth-order valence-corrected chi connectivity index (χ4v) is 3.81. The maximum atomic E-state index is 14.0. The van der Waals surface area contributed by atoms with Gasteiger partial charge in [-0.2, -0.15) is 5.26 Å². The summed E-state index contributed by atoms with van der Waals surface area (Å²) in [6, 6.07) is 9.94. The summed E-state index contributed by atoms with van der Waals surface area (Å²) in [4.78, 5) is 41.1. The summed E-state index contributed by atoms with van der Waals surface area (Å²) in [5.74, 6) is -1.47. The zero-order valence-corrected chi connectivity index (χ0v) is 22.6. The summed E-state index contributed by atoms with van der Waals surface area (Å²) >= 11 is 0. The van der Waals surface area contributed by atoms with Gasteiger partial charge in [0.05, 0.1) is 6.07 Å². The van der Waals surface area contributed by atoms with Crippen LogP contribution in [0.3, 0.4) is 0 Å². The molecule has 0 spiro atoms. The smallest absolute Gasteiger partial charge is 0.408 e. The van der Waals surface area contributed by atoms with Crippen molar-refractivity contribution in [2.75, 3.05) is 6.54 Å². The molecular weight excluding hydrogens is 488 g/mol. The molecule has 2 aromatic rings. The lowest BCUT2D eigenvalue weighted by atomic mass is 9.98. The van der Waals surface area contributed by atoms with Crippen molar-refractivity contribution in [1.29, 1.82) is 5.26 Å². The van der Waals surface area contributed by atoms with Crippen LogP contribution in [0.1, 0.15) is 57.4 Å². The number of benzene rings is 2. The Kier molecular flexibility index (Phi) is 10.1. The molecule has 0 aliphatic carbocycles. The number of carbonyl (C=O) groups is 3. The van der Waals surface area contributed by atoms with E-state index < -0.39 is 42.1 Å². The summed E-state index contributed by atoms with van der Waals surface area (Å²) in [6.07, 6.45) is -0.869. The Hall–Kier alpha value is -4.26. The first-order chi connectivity index (χ1) is 17.7. The van der Waals surface area contributed by atoms with Crippen molar-refractivity contribution >= 4 is 17.9 Å². The number of para-hydroxylation sites is 1. The first-order valence-electron chi connectivity index (χ1n) is 12.3. The van der Waals surface area contributed by atoms with Crippen molar-refractivity contribution in [3.8, 4) is 17.6 Å². The first kappa shape index (κ1) is 30.0. The number of amides is 3. The molecule has 2 aromatic carbocycles. The summed E-state index contributed by atoms with van der Waals surface area (Å²) < 4.78 is 5.35. The zero-order valence-electron chi connectivity index (χ0n) is 22.6. The van der Waals surface area contributed by atoms with Crippen molar-refractivity contribution < 1.29 is 29.3 Å². The molecule has 204 valence electrons. The number of phenols is 2. The van der Waals surface area contributed by atoms with Gasteiger partial charge in [0.1, 0.15) is 35.7 Å². The first-order valence-corrected chi connectivity index (χ1v) is 12.3. The molecule has 0 saturated heterocycles. The number of nitrogens with zero attached hydrogens (tertiary/aromatic N) is 2. The number of alkyl carbamates (subject to hydrolysis) is 1. The van der Waals surface area contributed by atoms with E-state index in [1.54, 1.807) is 65.8 Å². The topological polar surface area (TPSA) is 152 Å². The number of rotatable bonds is 9. The third kappa shape index (κ3) is 8.40. The second-order valence-corrected chi connectivity index (χ2v) is 10.3. The molecule has 0 saturated carbocycles. The highest BCUT2D eigenvalue weighted by Gasteiger charge is 2.38. The Balaban J connectivity index is 2.58. The van der Waals surface area contributed by atoms with E-state index in [0.29, 0.717) is 11.1 Å². The maximum Gasteiger partial charge on any atom is 0.408 e. The Bertz CT molecular complexity index is 1180. The van der Waals surface area contributed by atoms with E-state index >= 15 is 0 Å². The van der Waals surface area contributed by atoms with Crippen LogP contribution in [0.5, 0.6) is 11.5 Å². The molecule has 10 heteroatoms. The van der Waals surface area contributed by atoms with Gasteiger partial charge in [-0.05, 0) is 64.8 Å². The van der Waals surface area contributed by atoms with Gasteiger partial charge in [0.2, 0.25) is 11.8 Å². The van der Waals surface area contributed by atoms with Crippen LogP contribution < -0.4 is 10.6 Å². The van der Waals surface area contributed by atoms with Crippen LogP contribution in [0.2, 0.25) is 0 Å². The van der Waals surface area contributed by atoms with Gasteiger partial charge in [0, 0.05) is 18.0 Å². The summed E-state index contributed by atoms with van der Waals surface area (Å²) in [7, 11) is 0. The second-order valence-electron chi connectivity index (χ2n) is 10.3. The van der Waals surface area contributed by atoms with Crippen molar-refractivity contribution in [2.24, 2.45) is 0 Å². The van der Waals surface area contributed by atoms with Crippen LogP contribution in [0.25, 0.3) is 0 Å². The van der Waals surface area contributed by atoms with Crippen molar-refractivity contribution in [3.05, 3.63) is 59.2 Å². The minimum absolute atomic E-state index is 0.0153. The van der Waals surface area contributed by atoms with E-state index in [2.05, 4.69) is 10.6 Å². The van der Waals surface area contributed by atoms with E-state index in [-0.39, 0.29) is 29.5 Å². The number of nitriles is 1. The molecule has 2 rings (SSSR count). The number of nitrogens with one attached hydrogen (secondary N) is 2. The van der Waals surface area contributed by atoms with E-state index in [0.717, 1.165) is 4.90 Å². The van der Waals surface area contributed by atoms with Crippen molar-refractivity contribution in [1.82, 2.24) is 15.5 Å². The SMILES string of the molecule is Cc1cccc(C(C(=O)NC(C)C)N(CC#N)C(=O)C(Cc2ccc(O)cc2)NC(=O)OC(C)(C)C)c1O. The number of phenolic OH excluding ortho intramolecular Hbond substituents is 2. The van der Waals surface area contributed by atoms with Gasteiger partial charge in [-0.3, -0.25) is 9.59 Å². The highest BCUT2D eigenvalue weighted by molar-refractivity contribution is 5.93. The number of aromatic hydroxyl groups is 2. The van der Waals surface area contributed by atoms with Gasteiger partial charge < -0.3 is 30.5 Å². The Morgan fingerprint density at radius 3 is 2.24 bits per heavy atom. The van der Waals surface area contributed by atoms with Crippen LogP contribution in [0.4, 0.5) is 4.79 Å². The molecule has 2 unspecified atom stereocenters. The molecule has 0 aromatic heterocycles. The van der Waals surface area contributed by atoms with E-state index in [4.69, 9.17) is 4.74 Å². The number of hydrogen-bond donors (Lipinski definition) is 4. The molecule has 4 N–H and O–H groups in total. The summed E-state index contributed by atoms with van der Waals surface area (Å²) in [5.41, 5.74) is 0.403. The molecule has 10 nitrogen and oxygen atoms in total. The van der Waals surface area contributed by atoms with Crippen molar-refractivity contribution in [3.63, 3.8) is 0 Å². The van der Waals surface area contributed by atoms with Crippen LogP contribution in [-0.4, -0.2) is 57.3 Å². The normalized spacial score (nSPS) is 12.7. The minimum Gasteiger partial charge on any atom is -0.508 e. The highest BCUT2D eigenvalue weighted by Crippen LogP contribution is 2.32. The molecule has 2 atom stereocenters. The molecular formula is C28H36N4O6. The molecule has 0 fully saturated rings. The van der Waals surface area contributed by atoms with Crippen LogP contribution >= 0.6 is 0 Å². The third-order valence-electron chi connectivity index (χ3n) is 5.44. The Morgan fingerprint density at radius 1 is 1.05 bits per heavy atom. The van der Waals surface area contributed by atoms with E-state index in [1.807, 2.05) is 6.07 Å². The Morgan fingerprint density at radius 2 is 1.68 bits per heavy atom. The largest absolute Gasteiger partial charge is 0.508 e. The lowest BCUT2D eigenvalue weighted by Gasteiger charge is -2.33. The van der Waals surface area contributed by atoms with Crippen LogP contribution in [0, 0.1) is 18.3 Å². The van der Waals surface area contributed by atoms with Gasteiger partial charge in [0.15, 0.2) is 0 Å². The molecule has 0 heterocycles. The number of ether oxygens (including phenoxy) is 1. The predicted octanol–water partition coefficient (Wildman–Crippen LogP) is 3.46.